The Balaban J connectivity index is 1.79. The molecule has 0 bridgehead atoms. The van der Waals surface area contributed by atoms with Crippen LogP contribution in [0.3, 0.4) is 0 Å². The van der Waals surface area contributed by atoms with Crippen LogP contribution in [0.2, 0.25) is 0 Å². The molecule has 2 heterocycles. The molecule has 4 atom stereocenters. The normalized spacial score (nSPS) is 31.2. The maximum absolute atomic E-state index is 6.24. The van der Waals surface area contributed by atoms with Crippen molar-refractivity contribution in [3.8, 4) is 0 Å². The molecule has 0 spiro atoms. The highest BCUT2D eigenvalue weighted by atomic mass is 15.2. The van der Waals surface area contributed by atoms with Crippen molar-refractivity contribution in [3.63, 3.8) is 0 Å². The van der Waals surface area contributed by atoms with Crippen LogP contribution in [0.25, 0.3) is 0 Å². The van der Waals surface area contributed by atoms with Gasteiger partial charge in [0, 0.05) is 37.6 Å². The average molecular weight is 245 g/mol. The zero-order valence-corrected chi connectivity index (χ0v) is 11.1. The monoisotopic (exact) mass is 245 g/mol. The first kappa shape index (κ1) is 12.1. The van der Waals surface area contributed by atoms with E-state index in [2.05, 4.69) is 28.9 Å². The molecule has 0 amide bonds. The molecular weight excluding hydrogens is 222 g/mol. The van der Waals surface area contributed by atoms with Gasteiger partial charge in [-0.05, 0) is 49.3 Å². The van der Waals surface area contributed by atoms with Gasteiger partial charge in [0.2, 0.25) is 0 Å². The average Bonchev–Trinajstić information content (AvgIpc) is 2.91. The number of aromatic nitrogens is 1. The summed E-state index contributed by atoms with van der Waals surface area (Å²) < 4.78 is 0. The Kier molecular flexibility index (Phi) is 3.35. The lowest BCUT2D eigenvalue weighted by Gasteiger charge is -2.31. The second kappa shape index (κ2) is 4.98. The Hall–Kier alpha value is -0.930. The Morgan fingerprint density at radius 3 is 2.39 bits per heavy atom. The Morgan fingerprint density at radius 1 is 1.22 bits per heavy atom. The number of nitrogens with zero attached hydrogens (tertiary/aromatic N) is 2. The van der Waals surface area contributed by atoms with Crippen molar-refractivity contribution in [1.29, 1.82) is 0 Å². The maximum Gasteiger partial charge on any atom is 0.0497 e. The number of hydrogen-bond acceptors (Lipinski definition) is 3. The highest BCUT2D eigenvalue weighted by Gasteiger charge is 2.39. The number of fused-ring (bicyclic) bond motifs is 1. The summed E-state index contributed by atoms with van der Waals surface area (Å²) in [5.74, 6) is 1.85. The molecule has 1 saturated carbocycles. The lowest BCUT2D eigenvalue weighted by Crippen LogP contribution is -2.38. The zero-order chi connectivity index (χ0) is 12.5. The van der Waals surface area contributed by atoms with Crippen LogP contribution in [0.15, 0.2) is 24.5 Å². The molecule has 18 heavy (non-hydrogen) atoms. The Labute approximate surface area is 109 Å². The van der Waals surface area contributed by atoms with Crippen LogP contribution < -0.4 is 5.73 Å². The van der Waals surface area contributed by atoms with E-state index in [1.807, 2.05) is 12.4 Å². The summed E-state index contributed by atoms with van der Waals surface area (Å²) in [6.45, 7) is 4.59. The van der Waals surface area contributed by atoms with Gasteiger partial charge in [0.1, 0.15) is 0 Å². The van der Waals surface area contributed by atoms with E-state index in [4.69, 9.17) is 5.73 Å². The highest BCUT2D eigenvalue weighted by Crippen LogP contribution is 2.41. The fourth-order valence-corrected chi connectivity index (χ4v) is 3.91. The van der Waals surface area contributed by atoms with E-state index in [-0.39, 0.29) is 6.04 Å². The molecule has 3 heteroatoms. The van der Waals surface area contributed by atoms with Crippen molar-refractivity contribution < 1.29 is 0 Å². The molecule has 1 aromatic rings. The minimum absolute atomic E-state index is 0.172. The molecule has 0 radical (unpaired) electrons. The molecule has 1 aromatic heterocycles. The van der Waals surface area contributed by atoms with Crippen molar-refractivity contribution >= 4 is 0 Å². The molecule has 1 aliphatic carbocycles. The van der Waals surface area contributed by atoms with Crippen LogP contribution in [0, 0.1) is 11.8 Å². The van der Waals surface area contributed by atoms with Gasteiger partial charge in [0.05, 0.1) is 0 Å². The number of likely N-dealkylation sites (tertiary alicyclic amines) is 1. The number of nitrogens with two attached hydrogens (primary N) is 1. The number of rotatable bonds is 3. The summed E-state index contributed by atoms with van der Waals surface area (Å²) >= 11 is 0. The van der Waals surface area contributed by atoms with Gasteiger partial charge < -0.3 is 5.73 Å². The van der Waals surface area contributed by atoms with Gasteiger partial charge in [-0.2, -0.15) is 0 Å². The van der Waals surface area contributed by atoms with E-state index in [0.717, 1.165) is 11.8 Å². The highest BCUT2D eigenvalue weighted by molar-refractivity contribution is 5.18. The van der Waals surface area contributed by atoms with Crippen molar-refractivity contribution in [1.82, 2.24) is 9.88 Å². The van der Waals surface area contributed by atoms with Gasteiger partial charge in [0.25, 0.3) is 0 Å². The van der Waals surface area contributed by atoms with E-state index in [1.165, 1.54) is 37.9 Å². The molecule has 2 fully saturated rings. The molecule has 1 saturated heterocycles. The molecule has 1 aliphatic heterocycles. The summed E-state index contributed by atoms with van der Waals surface area (Å²) in [5, 5.41) is 0. The third-order valence-electron chi connectivity index (χ3n) is 4.69. The van der Waals surface area contributed by atoms with Crippen LogP contribution in [-0.2, 0) is 0 Å². The first-order valence-corrected chi connectivity index (χ1v) is 7.15. The lowest BCUT2D eigenvalue weighted by molar-refractivity contribution is 0.203. The number of hydrogen-bond donors (Lipinski definition) is 1. The Bertz CT molecular complexity index is 378. The van der Waals surface area contributed by atoms with E-state index in [1.54, 1.807) is 0 Å². The van der Waals surface area contributed by atoms with Gasteiger partial charge in [0.15, 0.2) is 0 Å². The molecule has 98 valence electrons. The van der Waals surface area contributed by atoms with Crippen molar-refractivity contribution in [3.05, 3.63) is 30.1 Å². The topological polar surface area (TPSA) is 42.1 Å². The van der Waals surface area contributed by atoms with Crippen molar-refractivity contribution in [2.75, 3.05) is 13.1 Å². The summed E-state index contributed by atoms with van der Waals surface area (Å²) in [6.07, 6.45) is 8.02. The van der Waals surface area contributed by atoms with Gasteiger partial charge in [-0.25, -0.2) is 0 Å². The first-order chi connectivity index (χ1) is 8.75. The first-order valence-electron chi connectivity index (χ1n) is 7.15. The largest absolute Gasteiger partial charge is 0.326 e. The minimum atomic E-state index is 0.172. The third-order valence-corrected chi connectivity index (χ3v) is 4.69. The van der Waals surface area contributed by atoms with Crippen LogP contribution in [0.5, 0.6) is 0 Å². The molecule has 3 nitrogen and oxygen atoms in total. The van der Waals surface area contributed by atoms with E-state index >= 15 is 0 Å². The maximum atomic E-state index is 6.24. The minimum Gasteiger partial charge on any atom is -0.326 e. The molecule has 2 N–H and O–H groups in total. The second-order valence-electron chi connectivity index (χ2n) is 5.99. The molecule has 4 unspecified atom stereocenters. The SMILES string of the molecule is CC(N)C(c1ccncc1)N1CC2CCCC2C1. The zero-order valence-electron chi connectivity index (χ0n) is 11.1. The predicted molar refractivity (Wildman–Crippen MR) is 73.0 cm³/mol. The van der Waals surface area contributed by atoms with Crippen molar-refractivity contribution in [2.24, 2.45) is 17.6 Å². The van der Waals surface area contributed by atoms with Gasteiger partial charge in [-0.3, -0.25) is 9.88 Å². The second-order valence-corrected chi connectivity index (χ2v) is 5.99. The number of pyridine rings is 1. The standard InChI is InChI=1S/C15H23N3/c1-11(16)15(12-5-7-17-8-6-12)18-9-13-3-2-4-14(13)10-18/h5-8,11,13-15H,2-4,9-10,16H2,1H3. The summed E-state index contributed by atoms with van der Waals surface area (Å²) in [6, 6.07) is 4.76. The third kappa shape index (κ3) is 2.17. The molecule has 0 aromatic carbocycles. The van der Waals surface area contributed by atoms with Gasteiger partial charge in [-0.1, -0.05) is 6.42 Å². The van der Waals surface area contributed by atoms with Gasteiger partial charge >= 0.3 is 0 Å². The van der Waals surface area contributed by atoms with Crippen LogP contribution >= 0.6 is 0 Å². The predicted octanol–water partition coefficient (Wildman–Crippen LogP) is 2.20. The van der Waals surface area contributed by atoms with Crippen LogP contribution in [0.4, 0.5) is 0 Å². The smallest absolute Gasteiger partial charge is 0.0497 e. The molecule has 3 rings (SSSR count). The van der Waals surface area contributed by atoms with Crippen molar-refractivity contribution in [2.45, 2.75) is 38.3 Å². The Morgan fingerprint density at radius 2 is 1.83 bits per heavy atom. The summed E-state index contributed by atoms with van der Waals surface area (Å²) in [7, 11) is 0. The fourth-order valence-electron chi connectivity index (χ4n) is 3.91. The summed E-state index contributed by atoms with van der Waals surface area (Å²) in [5.41, 5.74) is 7.56. The van der Waals surface area contributed by atoms with E-state index < -0.39 is 0 Å². The van der Waals surface area contributed by atoms with Crippen LogP contribution in [-0.4, -0.2) is 29.0 Å². The van der Waals surface area contributed by atoms with Gasteiger partial charge in [-0.15, -0.1) is 0 Å². The van der Waals surface area contributed by atoms with Crippen LogP contribution in [0.1, 0.15) is 37.8 Å². The van der Waals surface area contributed by atoms with E-state index in [0.29, 0.717) is 6.04 Å². The summed E-state index contributed by atoms with van der Waals surface area (Å²) in [4.78, 5) is 6.72. The lowest BCUT2D eigenvalue weighted by atomic mass is 10.0. The molecular formula is C15H23N3. The quantitative estimate of drug-likeness (QED) is 0.887. The molecule has 2 aliphatic rings. The fraction of sp³-hybridized carbons (Fsp3) is 0.667. The van der Waals surface area contributed by atoms with E-state index in [9.17, 15) is 0 Å².